The van der Waals surface area contributed by atoms with Crippen molar-refractivity contribution in [2.75, 3.05) is 106 Å². The number of hydrogen-bond donors (Lipinski definition) is 4. The predicted molar refractivity (Wildman–Crippen MR) is 566 cm³/mol. The standard InChI is InChI=1S/C27H34ClN7OS.C26H25ClN6OS.C25H30ClN7OS.C25H26ClN7OS/c1-17-18(2)37-27-24(17)25(20-7-9-21(28)10-8-20)30-22(26-32-31-19(3)35(26)27)16-29-23(36)6-5-11-34-14-12-33(4)13-15-34;1-15-16(2)35-26-23(15)24(19-7-9-20(27)10-8-19)30-21(25-32-31-17(3)33(25)26)14-29-22(34)11-6-18-5-4-12-28-13-18;1-15-16(2)35-25-22(15)23(18-5-7-19(26)8-6-18)28-20(24-30-29-17(3)33(24)25)13-27-21(34)14-32-11-9-31(4)10-12-32;1-15-16(2)35-25-22(15)23(18-5-7-19(26)8-6-18)29-20(24-31-30-17(3)33(24)25)13-21(34)28-9-4-11-32-12-10-27-14-32/h7-10,22H,5-6,11-16H2,1-4H3,(H,29,36);4-5,7-10,12-13,21H,6,11,14H2,1-3H3,(H,29,34);5-8,20H,9-14H2,1-4H3,(H,27,34);5-8,10,12,14,20H,4,9,11,13H2,1-3H3,(H,28,34). The Balaban J connectivity index is 0.000000130. The average molecular weight is 2070 g/mol. The van der Waals surface area contributed by atoms with Crippen molar-refractivity contribution in [3.05, 3.63) is 299 Å². The fourth-order valence-corrected chi connectivity index (χ4v) is 23.5. The van der Waals surface area contributed by atoms with Crippen LogP contribution in [0.2, 0.25) is 20.1 Å². The summed E-state index contributed by atoms with van der Waals surface area (Å²) in [5.41, 5.74) is 17.5. The minimum Gasteiger partial charge on any atom is -0.356 e. The van der Waals surface area contributed by atoms with E-state index in [0.29, 0.717) is 77.9 Å². The zero-order valence-electron chi connectivity index (χ0n) is 82.0. The first-order valence-corrected chi connectivity index (χ1v) is 52.4. The van der Waals surface area contributed by atoms with Gasteiger partial charge < -0.3 is 40.5 Å². The van der Waals surface area contributed by atoms with Gasteiger partial charge in [-0.05, 0) is 205 Å². The van der Waals surface area contributed by atoms with Crippen LogP contribution in [-0.4, -0.2) is 245 Å². The first-order chi connectivity index (χ1) is 68.5. The first kappa shape index (κ1) is 102. The number of likely N-dealkylation sites (N-methyl/N-ethyl adjacent to an activating group) is 2. The lowest BCUT2D eigenvalue weighted by molar-refractivity contribution is -0.123. The van der Waals surface area contributed by atoms with E-state index >= 15 is 0 Å². The van der Waals surface area contributed by atoms with Crippen molar-refractivity contribution in [2.24, 2.45) is 20.0 Å². The monoisotopic (exact) mass is 2060 g/mol. The van der Waals surface area contributed by atoms with E-state index in [4.69, 9.17) is 66.4 Å². The van der Waals surface area contributed by atoms with Crippen LogP contribution in [0.3, 0.4) is 0 Å². The van der Waals surface area contributed by atoms with Crippen LogP contribution in [0.5, 0.6) is 0 Å². The number of aliphatic imine (C=N–C) groups is 4. The number of nitrogens with one attached hydrogen (secondary N) is 4. The van der Waals surface area contributed by atoms with Crippen LogP contribution in [0.15, 0.2) is 160 Å². The molecule has 0 radical (unpaired) electrons. The smallest absolute Gasteiger partial charge is 0.234 e. The van der Waals surface area contributed by atoms with Crippen molar-refractivity contribution in [1.82, 2.24) is 114 Å². The topological polar surface area (TPSA) is 332 Å². The fraction of sp³-hybridized carbons (Fsp3) is 0.379. The maximum atomic E-state index is 12.9. The SMILES string of the molecule is Cc1sc2c(c1C)C(c1ccc(Cl)cc1)=NC(CC(=O)NCCCn1ccnc1)c1nnc(C)n1-2.Cc1sc2c(c1C)C(c1ccc(Cl)cc1)=NC(CNC(=O)CCCN1CCN(C)CC1)c1nnc(C)n1-2.Cc1sc2c(c1C)C(c1ccc(Cl)cc1)=NC(CNC(=O)CCc1cccnc1)c1nnc(C)n1-2.Cc1sc2c(c1C)C(c1ccc(Cl)cc1)=NC(CNC(=O)CN1CCN(C)CC1)c1nnc(C)n1-2. The Morgan fingerprint density at radius 3 is 1.08 bits per heavy atom. The maximum absolute atomic E-state index is 12.9. The molecule has 738 valence electrons. The van der Waals surface area contributed by atoms with Crippen molar-refractivity contribution in [1.29, 1.82) is 0 Å². The van der Waals surface area contributed by atoms with Gasteiger partial charge in [0.1, 0.15) is 67.5 Å². The summed E-state index contributed by atoms with van der Waals surface area (Å²) in [5.74, 6) is 6.05. The molecule has 16 heterocycles. The van der Waals surface area contributed by atoms with Gasteiger partial charge in [-0.2, -0.15) is 0 Å². The Morgan fingerprint density at radius 2 is 0.725 bits per heavy atom. The number of carbonyl (C=O) groups is 4. The third-order valence-electron chi connectivity index (χ3n) is 26.6. The number of aryl methyl sites for hydroxylation is 10. The molecule has 0 spiro atoms. The van der Waals surface area contributed by atoms with Crippen molar-refractivity contribution in [2.45, 2.75) is 152 Å². The van der Waals surface area contributed by atoms with E-state index in [1.165, 1.54) is 41.8 Å². The van der Waals surface area contributed by atoms with Crippen LogP contribution in [-0.2, 0) is 32.1 Å². The molecule has 20 rings (SSSR count). The van der Waals surface area contributed by atoms with Gasteiger partial charge in [0.05, 0.1) is 42.1 Å². The Bertz CT molecular complexity index is 7030. The lowest BCUT2D eigenvalue weighted by Gasteiger charge is -2.32. The van der Waals surface area contributed by atoms with E-state index in [-0.39, 0.29) is 48.2 Å². The van der Waals surface area contributed by atoms with Gasteiger partial charge in [0.15, 0.2) is 23.3 Å². The number of benzene rings is 4. The lowest BCUT2D eigenvalue weighted by atomic mass is 9.99. The molecule has 6 aliphatic rings. The summed E-state index contributed by atoms with van der Waals surface area (Å²) in [4.78, 5) is 94.3. The van der Waals surface area contributed by atoms with E-state index in [2.05, 4.69) is 179 Å². The van der Waals surface area contributed by atoms with Gasteiger partial charge in [0, 0.05) is 207 Å². The molecule has 2 saturated heterocycles. The molecular weight excluding hydrogens is 1950 g/mol. The number of carbonyl (C=O) groups excluding carboxylic acids is 4. The highest BCUT2D eigenvalue weighted by molar-refractivity contribution is 7.16. The zero-order chi connectivity index (χ0) is 99.8. The number of hydrogen-bond acceptors (Lipinski definition) is 26. The van der Waals surface area contributed by atoms with Crippen LogP contribution in [0.1, 0.15) is 195 Å². The summed E-state index contributed by atoms with van der Waals surface area (Å²) in [5, 5.41) is 54.7. The molecule has 39 heteroatoms. The van der Waals surface area contributed by atoms with E-state index < -0.39 is 6.04 Å². The molecular formula is C103H115Cl4N27O4S4. The van der Waals surface area contributed by atoms with Crippen LogP contribution in [0, 0.1) is 83.1 Å². The number of halogens is 4. The number of thiophene rings is 4. The minimum atomic E-state index is -0.463. The van der Waals surface area contributed by atoms with Gasteiger partial charge in [0.2, 0.25) is 23.6 Å². The van der Waals surface area contributed by atoms with Gasteiger partial charge in [-0.25, -0.2) is 4.98 Å². The van der Waals surface area contributed by atoms with E-state index in [1.54, 1.807) is 70.3 Å². The van der Waals surface area contributed by atoms with Crippen LogP contribution in [0.25, 0.3) is 20.0 Å². The minimum absolute atomic E-state index is 0.00614. The Morgan fingerprint density at radius 1 is 0.373 bits per heavy atom. The first-order valence-electron chi connectivity index (χ1n) is 47.7. The number of pyridine rings is 1. The summed E-state index contributed by atoms with van der Waals surface area (Å²) >= 11 is 31.6. The van der Waals surface area contributed by atoms with Gasteiger partial charge in [0.25, 0.3) is 0 Å². The number of imidazole rings is 1. The molecule has 0 aliphatic carbocycles. The molecule has 31 nitrogen and oxygen atoms in total. The molecule has 4 atom stereocenters. The van der Waals surface area contributed by atoms with Crippen molar-refractivity contribution in [3.8, 4) is 20.0 Å². The molecule has 2 fully saturated rings. The second-order valence-corrected chi connectivity index (χ2v) is 43.0. The van der Waals surface area contributed by atoms with E-state index in [9.17, 15) is 19.2 Å². The molecule has 4 aromatic carbocycles. The molecule has 4 amide bonds. The molecule has 14 aromatic rings. The third kappa shape index (κ3) is 23.0. The lowest BCUT2D eigenvalue weighted by Crippen LogP contribution is -2.48. The zero-order valence-corrected chi connectivity index (χ0v) is 88.3. The van der Waals surface area contributed by atoms with Crippen LogP contribution < -0.4 is 21.3 Å². The second kappa shape index (κ2) is 45.4. The quantitative estimate of drug-likeness (QED) is 0.0386. The molecule has 6 aliphatic heterocycles. The highest BCUT2D eigenvalue weighted by atomic mass is 35.5. The highest BCUT2D eigenvalue weighted by Crippen LogP contribution is 2.45. The Labute approximate surface area is 862 Å². The number of nitrogens with zero attached hydrogens (tertiary/aromatic N) is 23. The van der Waals surface area contributed by atoms with Gasteiger partial charge in [-0.1, -0.05) is 101 Å². The Kier molecular flexibility index (Phi) is 32.5. The largest absolute Gasteiger partial charge is 0.356 e. The molecule has 0 saturated carbocycles. The van der Waals surface area contributed by atoms with Gasteiger partial charge >= 0.3 is 0 Å². The normalized spacial score (nSPS) is 16.5. The summed E-state index contributed by atoms with van der Waals surface area (Å²) in [6.07, 6.45) is 12.3. The summed E-state index contributed by atoms with van der Waals surface area (Å²) in [7, 11) is 4.27. The van der Waals surface area contributed by atoms with Crippen LogP contribution in [0.4, 0.5) is 0 Å². The highest BCUT2D eigenvalue weighted by Gasteiger charge is 2.38. The number of fused-ring (bicyclic) bond motifs is 12. The molecule has 142 heavy (non-hydrogen) atoms. The van der Waals surface area contributed by atoms with Gasteiger partial charge in [-0.3, -0.25) is 67.3 Å². The Hall–Kier alpha value is -11.8. The molecule has 0 bridgehead atoms. The summed E-state index contributed by atoms with van der Waals surface area (Å²) in [6, 6.07) is 33.3. The van der Waals surface area contributed by atoms with Crippen molar-refractivity contribution >= 4 is 138 Å². The second-order valence-electron chi connectivity index (χ2n) is 36.4. The predicted octanol–water partition coefficient (Wildman–Crippen LogP) is 16.6. The number of aromatic nitrogens is 15. The third-order valence-corrected chi connectivity index (χ3v) is 32.3. The maximum Gasteiger partial charge on any atom is 0.234 e. The number of piperazine rings is 2. The van der Waals surface area contributed by atoms with Gasteiger partial charge in [-0.15, -0.1) is 86.1 Å². The molecule has 10 aromatic heterocycles. The summed E-state index contributed by atoms with van der Waals surface area (Å²) < 4.78 is 10.3. The summed E-state index contributed by atoms with van der Waals surface area (Å²) in [6.45, 7) is 36.7. The fourth-order valence-electron chi connectivity index (χ4n) is 18.1. The number of amides is 4. The van der Waals surface area contributed by atoms with E-state index in [1.807, 2.05) is 148 Å². The molecule has 4 unspecified atom stereocenters. The van der Waals surface area contributed by atoms with Crippen molar-refractivity contribution < 1.29 is 19.2 Å². The van der Waals surface area contributed by atoms with Crippen molar-refractivity contribution in [3.63, 3.8) is 0 Å². The average Bonchev–Trinajstić information content (AvgIpc) is 1.60. The van der Waals surface area contributed by atoms with Crippen LogP contribution >= 0.6 is 91.8 Å². The molecule has 4 N–H and O–H groups in total. The van der Waals surface area contributed by atoms with E-state index in [0.717, 1.165) is 212 Å². The number of rotatable bonds is 25.